The minimum Gasteiger partial charge on any atom is -0.301 e. The lowest BCUT2D eigenvalue weighted by Gasteiger charge is -2.25. The molecular formula is C9H15BrN4O3S2. The topological polar surface area (TPSA) is 101 Å². The molecule has 1 atom stereocenters. The number of anilines is 1. The van der Waals surface area contributed by atoms with Crippen LogP contribution in [0.15, 0.2) is 4.34 Å². The molecule has 19 heavy (non-hydrogen) atoms. The Balaban J connectivity index is 2.95. The SMILES string of the molecule is CCC(C)(CBr)NS(=O)(=O)c1nnc(NC(C)=O)s1. The van der Waals surface area contributed by atoms with E-state index in [1.54, 1.807) is 6.92 Å². The van der Waals surface area contributed by atoms with E-state index in [-0.39, 0.29) is 15.4 Å². The van der Waals surface area contributed by atoms with Crippen LogP contribution in [0, 0.1) is 0 Å². The Morgan fingerprint density at radius 1 is 1.47 bits per heavy atom. The highest BCUT2D eigenvalue weighted by molar-refractivity contribution is 9.09. The summed E-state index contributed by atoms with van der Waals surface area (Å²) in [6, 6.07) is 0. The summed E-state index contributed by atoms with van der Waals surface area (Å²) in [6.45, 7) is 4.98. The average molecular weight is 371 g/mol. The van der Waals surface area contributed by atoms with Crippen LogP contribution in [0.5, 0.6) is 0 Å². The van der Waals surface area contributed by atoms with Crippen molar-refractivity contribution in [3.8, 4) is 0 Å². The summed E-state index contributed by atoms with van der Waals surface area (Å²) in [5.41, 5.74) is -0.599. The van der Waals surface area contributed by atoms with Crippen molar-refractivity contribution < 1.29 is 13.2 Å². The van der Waals surface area contributed by atoms with E-state index in [0.717, 1.165) is 11.3 Å². The van der Waals surface area contributed by atoms with Crippen LogP contribution in [0.1, 0.15) is 27.2 Å². The predicted molar refractivity (Wildman–Crippen MR) is 77.0 cm³/mol. The summed E-state index contributed by atoms with van der Waals surface area (Å²) in [5, 5.41) is 10.2. The number of nitrogens with one attached hydrogen (secondary N) is 2. The van der Waals surface area contributed by atoms with Gasteiger partial charge in [0.25, 0.3) is 10.0 Å². The zero-order valence-corrected chi connectivity index (χ0v) is 13.9. The maximum absolute atomic E-state index is 12.1. The molecular weight excluding hydrogens is 356 g/mol. The maximum Gasteiger partial charge on any atom is 0.270 e. The Kier molecular flexibility index (Phi) is 5.42. The third kappa shape index (κ3) is 4.48. The molecule has 1 aromatic rings. The molecule has 0 aromatic carbocycles. The molecule has 1 aromatic heterocycles. The fraction of sp³-hybridized carbons (Fsp3) is 0.667. The lowest BCUT2D eigenvalue weighted by molar-refractivity contribution is -0.114. The Morgan fingerprint density at radius 2 is 2.11 bits per heavy atom. The van der Waals surface area contributed by atoms with Gasteiger partial charge in [-0.2, -0.15) is 0 Å². The number of carbonyl (C=O) groups is 1. The van der Waals surface area contributed by atoms with E-state index >= 15 is 0 Å². The lowest BCUT2D eigenvalue weighted by atomic mass is 10.0. The fourth-order valence-corrected chi connectivity index (χ4v) is 4.23. The van der Waals surface area contributed by atoms with Gasteiger partial charge in [-0.15, -0.1) is 10.2 Å². The minimum atomic E-state index is -3.74. The Labute approximate surface area is 124 Å². The molecule has 1 heterocycles. The number of nitrogens with zero attached hydrogens (tertiary/aromatic N) is 2. The van der Waals surface area contributed by atoms with Crippen molar-refractivity contribution in [1.29, 1.82) is 0 Å². The number of hydrogen-bond donors (Lipinski definition) is 2. The third-order valence-electron chi connectivity index (χ3n) is 2.38. The molecule has 0 aliphatic carbocycles. The van der Waals surface area contributed by atoms with E-state index in [0.29, 0.717) is 11.8 Å². The van der Waals surface area contributed by atoms with Crippen molar-refractivity contribution in [3.05, 3.63) is 0 Å². The summed E-state index contributed by atoms with van der Waals surface area (Å²) in [7, 11) is -3.74. The van der Waals surface area contributed by atoms with Crippen LogP contribution in [0.2, 0.25) is 0 Å². The minimum absolute atomic E-state index is 0.157. The van der Waals surface area contributed by atoms with Crippen molar-refractivity contribution >= 4 is 48.3 Å². The van der Waals surface area contributed by atoms with Crippen LogP contribution < -0.4 is 10.0 Å². The first-order chi connectivity index (χ1) is 8.72. The summed E-state index contributed by atoms with van der Waals surface area (Å²) < 4.78 is 26.7. The van der Waals surface area contributed by atoms with Gasteiger partial charge in [-0.3, -0.25) is 4.79 Å². The number of aromatic nitrogens is 2. The van der Waals surface area contributed by atoms with Crippen LogP contribution in [-0.2, 0) is 14.8 Å². The zero-order valence-electron chi connectivity index (χ0n) is 10.7. The van der Waals surface area contributed by atoms with E-state index in [2.05, 4.69) is 36.2 Å². The molecule has 0 bridgehead atoms. The zero-order chi connectivity index (χ0) is 14.7. The third-order valence-corrected chi connectivity index (χ3v) is 6.46. The van der Waals surface area contributed by atoms with E-state index < -0.39 is 15.6 Å². The highest BCUT2D eigenvalue weighted by Gasteiger charge is 2.30. The smallest absolute Gasteiger partial charge is 0.270 e. The van der Waals surface area contributed by atoms with Crippen molar-refractivity contribution in [2.75, 3.05) is 10.6 Å². The lowest BCUT2D eigenvalue weighted by Crippen LogP contribution is -2.46. The molecule has 1 unspecified atom stereocenters. The molecule has 7 nitrogen and oxygen atoms in total. The molecule has 2 N–H and O–H groups in total. The van der Waals surface area contributed by atoms with E-state index in [1.165, 1.54) is 6.92 Å². The first-order valence-electron chi connectivity index (χ1n) is 5.43. The van der Waals surface area contributed by atoms with Gasteiger partial charge in [0.15, 0.2) is 0 Å². The first kappa shape index (κ1) is 16.5. The molecule has 108 valence electrons. The number of rotatable bonds is 6. The number of carbonyl (C=O) groups excluding carboxylic acids is 1. The van der Waals surface area contributed by atoms with Gasteiger partial charge in [0.2, 0.25) is 15.4 Å². The van der Waals surface area contributed by atoms with Crippen LogP contribution >= 0.6 is 27.3 Å². The first-order valence-corrected chi connectivity index (χ1v) is 8.85. The highest BCUT2D eigenvalue weighted by atomic mass is 79.9. The predicted octanol–water partition coefficient (Wildman–Crippen LogP) is 1.34. The van der Waals surface area contributed by atoms with Gasteiger partial charge in [0, 0.05) is 17.8 Å². The van der Waals surface area contributed by atoms with Gasteiger partial charge >= 0.3 is 0 Å². The molecule has 1 amide bonds. The number of hydrogen-bond acceptors (Lipinski definition) is 6. The quantitative estimate of drug-likeness (QED) is 0.581. The largest absolute Gasteiger partial charge is 0.301 e. The van der Waals surface area contributed by atoms with Crippen molar-refractivity contribution in [3.63, 3.8) is 0 Å². The number of alkyl halides is 1. The maximum atomic E-state index is 12.1. The molecule has 0 fully saturated rings. The highest BCUT2D eigenvalue weighted by Crippen LogP contribution is 2.22. The molecule has 1 rings (SSSR count). The van der Waals surface area contributed by atoms with Crippen LogP contribution in [0.25, 0.3) is 0 Å². The Morgan fingerprint density at radius 3 is 2.58 bits per heavy atom. The molecule has 0 aliphatic heterocycles. The normalized spacial score (nSPS) is 14.9. The van der Waals surface area contributed by atoms with Gasteiger partial charge in [-0.25, -0.2) is 13.1 Å². The Hall–Kier alpha value is -0.580. The fourth-order valence-electron chi connectivity index (χ4n) is 1.08. The standard InChI is InChI=1S/C9H15BrN4O3S2/c1-4-9(3,5-10)14-19(16,17)8-13-12-7(18-8)11-6(2)15/h14H,4-5H2,1-3H3,(H,11,12,15). The van der Waals surface area contributed by atoms with Crippen molar-refractivity contribution in [1.82, 2.24) is 14.9 Å². The van der Waals surface area contributed by atoms with Gasteiger partial charge < -0.3 is 5.32 Å². The van der Waals surface area contributed by atoms with Crippen LogP contribution in [0.4, 0.5) is 5.13 Å². The Bertz CT molecular complexity index is 554. The van der Waals surface area contributed by atoms with Gasteiger partial charge in [0.1, 0.15) is 0 Å². The summed E-state index contributed by atoms with van der Waals surface area (Å²) in [4.78, 5) is 10.9. The molecule has 0 radical (unpaired) electrons. The van der Waals surface area contributed by atoms with Gasteiger partial charge in [0.05, 0.1) is 0 Å². The second-order valence-corrected chi connectivity index (χ2v) is 7.60. The monoisotopic (exact) mass is 370 g/mol. The van der Waals surface area contributed by atoms with Crippen LogP contribution in [-0.4, -0.2) is 35.4 Å². The molecule has 0 spiro atoms. The molecule has 0 saturated heterocycles. The molecule has 0 saturated carbocycles. The van der Waals surface area contributed by atoms with Crippen molar-refractivity contribution in [2.45, 2.75) is 37.1 Å². The summed E-state index contributed by atoms with van der Waals surface area (Å²) in [6.07, 6.45) is 0.620. The van der Waals surface area contributed by atoms with E-state index in [1.807, 2.05) is 6.92 Å². The molecule has 0 aliphatic rings. The second kappa shape index (κ2) is 6.25. The number of amides is 1. The van der Waals surface area contributed by atoms with Gasteiger partial charge in [-0.05, 0) is 13.3 Å². The van der Waals surface area contributed by atoms with Gasteiger partial charge in [-0.1, -0.05) is 34.2 Å². The molecule has 10 heteroatoms. The summed E-state index contributed by atoms with van der Waals surface area (Å²) in [5.74, 6) is -0.327. The van der Waals surface area contributed by atoms with E-state index in [4.69, 9.17) is 0 Å². The summed E-state index contributed by atoms with van der Waals surface area (Å²) >= 11 is 4.09. The van der Waals surface area contributed by atoms with Crippen molar-refractivity contribution in [2.24, 2.45) is 0 Å². The number of sulfonamides is 1. The van der Waals surface area contributed by atoms with E-state index in [9.17, 15) is 13.2 Å². The average Bonchev–Trinajstić information content (AvgIpc) is 2.76. The number of halogens is 1. The van der Waals surface area contributed by atoms with Crippen LogP contribution in [0.3, 0.4) is 0 Å². The second-order valence-electron chi connectivity index (χ2n) is 4.21.